The van der Waals surface area contributed by atoms with Gasteiger partial charge in [-0.2, -0.15) is 0 Å². The summed E-state index contributed by atoms with van der Waals surface area (Å²) in [5.41, 5.74) is 0.0936. The molecule has 3 N–H and O–H groups in total. The topological polar surface area (TPSA) is 160 Å². The van der Waals surface area contributed by atoms with Crippen LogP contribution in [0.2, 0.25) is 0 Å². The number of para-hydroxylation sites is 2. The van der Waals surface area contributed by atoms with Crippen LogP contribution in [0.4, 0.5) is 5.95 Å². The molecule has 15 heteroatoms. The number of hydrogen-bond acceptors (Lipinski definition) is 11. The van der Waals surface area contributed by atoms with E-state index < -0.39 is 32.9 Å². The zero-order valence-electron chi connectivity index (χ0n) is 21.8. The standard InChI is InChI=1S/C26H24IN5O7S2/c1-16(24(35)17-8-4-5-12-21(17)38-2)41(36,37)31(14-15-40-27)26-30-29-25(18-9-6-13-22(28-18)39-3)32(26)23-19(33)10-7-11-20(23)34/h4-5,7-8,10-16,24,33-35H,1-3H3/b15-14+/t16-,24+/m1/s1. The third kappa shape index (κ3) is 6.00. The quantitative estimate of drug-likeness (QED) is 0.192. The van der Waals surface area contributed by atoms with Gasteiger partial charge in [0.05, 0.1) is 20.3 Å². The molecule has 4 aromatic rings. The first kappa shape index (κ1) is 30.2. The van der Waals surface area contributed by atoms with E-state index in [0.29, 0.717) is 5.75 Å². The van der Waals surface area contributed by atoms with E-state index in [0.717, 1.165) is 8.87 Å². The third-order valence-electron chi connectivity index (χ3n) is 5.98. The molecule has 0 aliphatic carbocycles. The molecular weight excluding hydrogens is 685 g/mol. The molecule has 2 atom stereocenters. The first-order valence-electron chi connectivity index (χ1n) is 11.8. The van der Waals surface area contributed by atoms with Crippen LogP contribution in [0, 0.1) is 12.1 Å². The number of rotatable bonds is 11. The number of methoxy groups -OCH3 is 2. The molecule has 0 spiro atoms. The fourth-order valence-corrected chi connectivity index (χ4v) is 5.97. The molecule has 0 aliphatic rings. The Morgan fingerprint density at radius 1 is 1.10 bits per heavy atom. The summed E-state index contributed by atoms with van der Waals surface area (Å²) < 4.78 is 40.7. The fourth-order valence-electron chi connectivity index (χ4n) is 3.92. The molecule has 0 radical (unpaired) electrons. The van der Waals surface area contributed by atoms with Crippen molar-refractivity contribution in [3.8, 4) is 40.3 Å². The molecule has 0 fully saturated rings. The van der Waals surface area contributed by atoms with E-state index in [1.54, 1.807) is 24.3 Å². The summed E-state index contributed by atoms with van der Waals surface area (Å²) in [7, 11) is -0.457. The van der Waals surface area contributed by atoms with Crippen molar-refractivity contribution in [2.45, 2.75) is 18.3 Å². The van der Waals surface area contributed by atoms with Gasteiger partial charge in [-0.15, -0.1) is 10.2 Å². The van der Waals surface area contributed by atoms with E-state index in [4.69, 9.17) is 9.47 Å². The lowest BCUT2D eigenvalue weighted by Gasteiger charge is -2.27. The minimum Gasteiger partial charge on any atom is -0.506 e. The molecule has 4 rings (SSSR count). The zero-order valence-corrected chi connectivity index (χ0v) is 25.6. The van der Waals surface area contributed by atoms with Crippen molar-refractivity contribution < 1.29 is 33.2 Å². The van der Waals surface area contributed by atoms with Gasteiger partial charge in [-0.1, -0.05) is 39.3 Å². The molecule has 0 saturated carbocycles. The van der Waals surface area contributed by atoms with Gasteiger partial charge in [0.15, 0.2) is 11.5 Å². The highest BCUT2D eigenvalue weighted by molar-refractivity contribution is 14.2. The van der Waals surface area contributed by atoms with Gasteiger partial charge in [-0.05, 0) is 36.6 Å². The molecule has 2 aromatic heterocycles. The Hall–Kier alpha value is -3.72. The van der Waals surface area contributed by atoms with Crippen molar-refractivity contribution in [3.05, 3.63) is 77.8 Å². The second kappa shape index (κ2) is 12.9. The van der Waals surface area contributed by atoms with Gasteiger partial charge in [0.2, 0.25) is 21.9 Å². The molecule has 2 heterocycles. The Morgan fingerprint density at radius 3 is 2.46 bits per heavy atom. The van der Waals surface area contributed by atoms with Gasteiger partial charge in [0, 0.05) is 33.0 Å². The normalized spacial score (nSPS) is 13.0. The van der Waals surface area contributed by atoms with Gasteiger partial charge < -0.3 is 24.8 Å². The van der Waals surface area contributed by atoms with Gasteiger partial charge in [0.1, 0.15) is 34.3 Å². The van der Waals surface area contributed by atoms with Crippen LogP contribution >= 0.6 is 30.1 Å². The number of aliphatic hydroxyl groups is 1. The van der Waals surface area contributed by atoms with Crippen molar-refractivity contribution in [1.82, 2.24) is 19.7 Å². The zero-order chi connectivity index (χ0) is 29.7. The van der Waals surface area contributed by atoms with Crippen LogP contribution in [0.5, 0.6) is 23.1 Å². The summed E-state index contributed by atoms with van der Waals surface area (Å²) in [4.78, 5) is 4.29. The number of aromatic hydroxyl groups is 2. The van der Waals surface area contributed by atoms with Crippen molar-refractivity contribution in [3.63, 3.8) is 0 Å². The van der Waals surface area contributed by atoms with Crippen LogP contribution in [0.1, 0.15) is 18.6 Å². The summed E-state index contributed by atoms with van der Waals surface area (Å²) in [5, 5.41) is 41.1. The Balaban J connectivity index is 1.95. The van der Waals surface area contributed by atoms with E-state index in [1.807, 2.05) is 21.2 Å². The van der Waals surface area contributed by atoms with Crippen molar-refractivity contribution in [1.29, 1.82) is 0 Å². The van der Waals surface area contributed by atoms with Gasteiger partial charge >= 0.3 is 0 Å². The maximum Gasteiger partial charge on any atom is 0.250 e. The van der Waals surface area contributed by atoms with Crippen LogP contribution in [0.3, 0.4) is 0 Å². The number of anilines is 1. The molecule has 0 unspecified atom stereocenters. The molecule has 0 bridgehead atoms. The average Bonchev–Trinajstić information content (AvgIpc) is 3.40. The predicted octanol–water partition coefficient (Wildman–Crippen LogP) is 4.17. The Labute approximate surface area is 252 Å². The van der Waals surface area contributed by atoms with E-state index in [2.05, 4.69) is 27.3 Å². The van der Waals surface area contributed by atoms with E-state index in [-0.39, 0.29) is 34.6 Å². The number of phenols is 2. The molecule has 2 aromatic carbocycles. The number of halogens is 1. The van der Waals surface area contributed by atoms with Crippen molar-refractivity contribution in [2.24, 2.45) is 0 Å². The highest BCUT2D eigenvalue weighted by Crippen LogP contribution is 2.39. The van der Waals surface area contributed by atoms with Gasteiger partial charge in [-0.3, -0.25) is 4.57 Å². The van der Waals surface area contributed by atoms with Crippen LogP contribution in [-0.4, -0.2) is 63.0 Å². The van der Waals surface area contributed by atoms with Crippen LogP contribution in [0.25, 0.3) is 17.2 Å². The lowest BCUT2D eigenvalue weighted by Crippen LogP contribution is -2.38. The van der Waals surface area contributed by atoms with Crippen LogP contribution in [0.15, 0.2) is 60.1 Å². The summed E-state index contributed by atoms with van der Waals surface area (Å²) in [6.07, 6.45) is -0.273. The molecule has 214 valence electrons. The molecular formula is C26H24IN5O7S2. The highest BCUT2D eigenvalue weighted by atomic mass is 127. The molecule has 0 saturated heterocycles. The molecule has 0 amide bonds. The minimum absolute atomic E-state index is 0.0393. The molecule has 12 nitrogen and oxygen atoms in total. The number of aromatic nitrogens is 4. The number of ether oxygens (including phenoxy) is 2. The number of sulfonamides is 1. The summed E-state index contributed by atoms with van der Waals surface area (Å²) in [6.45, 7) is 1.34. The average molecular weight is 710 g/mol. The van der Waals surface area contributed by atoms with Crippen molar-refractivity contribution >= 4 is 46.1 Å². The monoisotopic (exact) mass is 709 g/mol. The van der Waals surface area contributed by atoms with E-state index in [1.165, 1.54) is 65.9 Å². The number of hydrogen-bond donors (Lipinski definition) is 3. The largest absolute Gasteiger partial charge is 0.506 e. The first-order valence-corrected chi connectivity index (χ1v) is 16.7. The number of benzene rings is 2. The smallest absolute Gasteiger partial charge is 0.250 e. The van der Waals surface area contributed by atoms with Crippen LogP contribution < -0.4 is 13.8 Å². The lowest BCUT2D eigenvalue weighted by molar-refractivity contribution is 0.171. The predicted molar refractivity (Wildman–Crippen MR) is 162 cm³/mol. The second-order valence-electron chi connectivity index (χ2n) is 8.33. The number of phenolic OH excluding ortho intramolecular Hbond substituents is 2. The lowest BCUT2D eigenvalue weighted by atomic mass is 10.1. The highest BCUT2D eigenvalue weighted by Gasteiger charge is 2.38. The van der Waals surface area contributed by atoms with Crippen LogP contribution in [-0.2, 0) is 10.0 Å². The summed E-state index contributed by atoms with van der Waals surface area (Å²) in [5.74, 6) is -0.740. The minimum atomic E-state index is -4.46. The first-order chi connectivity index (χ1) is 19.6. The SMILES string of the molecule is COc1cc#cc(-c2nnc(N(/C=C/SI)S(=O)(=O)[C@H](C)[C@H](O)c3ccccc3OC)n2-c2c(O)cccc2O)n1. The summed E-state index contributed by atoms with van der Waals surface area (Å²) >= 11 is 1.96. The Kier molecular flexibility index (Phi) is 9.48. The maximum atomic E-state index is 14.2. The van der Waals surface area contributed by atoms with E-state index >= 15 is 0 Å². The Morgan fingerprint density at radius 2 is 1.80 bits per heavy atom. The third-order valence-corrected chi connectivity index (χ3v) is 9.12. The number of nitrogens with zero attached hydrogens (tertiary/aromatic N) is 5. The van der Waals surface area contributed by atoms with E-state index in [9.17, 15) is 23.7 Å². The Bertz CT molecular complexity index is 1650. The van der Waals surface area contributed by atoms with Gasteiger partial charge in [0.25, 0.3) is 0 Å². The second-order valence-corrected chi connectivity index (χ2v) is 12.5. The fraction of sp³-hybridized carbons (Fsp3) is 0.192. The summed E-state index contributed by atoms with van der Waals surface area (Å²) in [6, 6.07) is 17.5. The molecule has 41 heavy (non-hydrogen) atoms. The maximum absolute atomic E-state index is 14.2. The molecule has 0 aliphatic heterocycles. The van der Waals surface area contributed by atoms with Gasteiger partial charge in [-0.25, -0.2) is 17.7 Å². The number of aliphatic hydroxyl groups excluding tert-OH is 1. The van der Waals surface area contributed by atoms with Crippen molar-refractivity contribution in [2.75, 3.05) is 18.5 Å².